The third kappa shape index (κ3) is 0.710. The molecule has 0 aliphatic carbocycles. The molecule has 3 heteroatoms. The molecule has 1 aliphatic rings. The molecule has 0 saturated carbocycles. The van der Waals surface area contributed by atoms with Gasteiger partial charge in [0.2, 0.25) is 5.78 Å². The molecule has 0 amide bonds. The van der Waals surface area contributed by atoms with Crippen molar-refractivity contribution in [2.45, 2.75) is 19.4 Å². The molecule has 1 saturated heterocycles. The van der Waals surface area contributed by atoms with Gasteiger partial charge >= 0.3 is 5.97 Å². The first-order valence-electron chi connectivity index (χ1n) is 2.44. The van der Waals surface area contributed by atoms with Gasteiger partial charge in [-0.05, 0) is 6.92 Å². The molecule has 1 rings (SSSR count). The third-order valence-corrected chi connectivity index (χ3v) is 1.01. The van der Waals surface area contributed by atoms with Gasteiger partial charge in [-0.15, -0.1) is 0 Å². The number of rotatable bonds is 0. The zero-order valence-electron chi connectivity index (χ0n) is 4.51. The van der Waals surface area contributed by atoms with Crippen LogP contribution in [0.3, 0.4) is 0 Å². The minimum absolute atomic E-state index is 0.199. The molecule has 0 aromatic heterocycles. The molecule has 0 bridgehead atoms. The predicted molar refractivity (Wildman–Crippen MR) is 25.2 cm³/mol. The topological polar surface area (TPSA) is 43.4 Å². The Balaban J connectivity index is 2.64. The SMILES string of the molecule is C[C@H]1CC(=O)C(=O)O1. The zero-order chi connectivity index (χ0) is 6.15. The normalized spacial score (nSPS) is 28.4. The first-order valence-corrected chi connectivity index (χ1v) is 2.44. The van der Waals surface area contributed by atoms with E-state index in [9.17, 15) is 9.59 Å². The highest BCUT2D eigenvalue weighted by atomic mass is 16.6. The average Bonchev–Trinajstić information content (AvgIpc) is 1.85. The highest BCUT2D eigenvalue weighted by Crippen LogP contribution is 2.07. The zero-order valence-corrected chi connectivity index (χ0v) is 4.51. The van der Waals surface area contributed by atoms with Gasteiger partial charge in [-0.3, -0.25) is 4.79 Å². The van der Waals surface area contributed by atoms with Gasteiger partial charge in [0.15, 0.2) is 0 Å². The maximum atomic E-state index is 10.3. The molecular formula is C5H6O3. The van der Waals surface area contributed by atoms with Crippen molar-refractivity contribution < 1.29 is 14.3 Å². The number of carbonyl (C=O) groups excluding carboxylic acids is 2. The molecule has 3 nitrogen and oxygen atoms in total. The van der Waals surface area contributed by atoms with Crippen LogP contribution in [-0.2, 0) is 14.3 Å². The first-order chi connectivity index (χ1) is 3.70. The lowest BCUT2D eigenvalue weighted by Crippen LogP contribution is -2.04. The van der Waals surface area contributed by atoms with Crippen molar-refractivity contribution in [3.63, 3.8) is 0 Å². The van der Waals surface area contributed by atoms with E-state index in [-0.39, 0.29) is 12.5 Å². The summed E-state index contributed by atoms with van der Waals surface area (Å²) in [6, 6.07) is 0. The quantitative estimate of drug-likeness (QED) is 0.326. The lowest BCUT2D eigenvalue weighted by Gasteiger charge is -1.94. The summed E-state index contributed by atoms with van der Waals surface area (Å²) in [7, 11) is 0. The molecule has 0 unspecified atom stereocenters. The van der Waals surface area contributed by atoms with Gasteiger partial charge < -0.3 is 4.74 Å². The van der Waals surface area contributed by atoms with Crippen molar-refractivity contribution in [1.82, 2.24) is 0 Å². The largest absolute Gasteiger partial charge is 0.456 e. The van der Waals surface area contributed by atoms with E-state index in [1.54, 1.807) is 6.92 Å². The van der Waals surface area contributed by atoms with Gasteiger partial charge in [0.1, 0.15) is 6.10 Å². The summed E-state index contributed by atoms with van der Waals surface area (Å²) in [5, 5.41) is 0. The van der Waals surface area contributed by atoms with Crippen LogP contribution in [0.15, 0.2) is 0 Å². The maximum Gasteiger partial charge on any atom is 0.375 e. The molecule has 0 radical (unpaired) electrons. The number of esters is 1. The van der Waals surface area contributed by atoms with Gasteiger partial charge in [0.25, 0.3) is 0 Å². The number of ether oxygens (including phenoxy) is 1. The van der Waals surface area contributed by atoms with E-state index < -0.39 is 11.8 Å². The number of carbonyl (C=O) groups is 2. The van der Waals surface area contributed by atoms with Gasteiger partial charge in [0.05, 0.1) is 6.42 Å². The van der Waals surface area contributed by atoms with E-state index in [0.717, 1.165) is 0 Å². The van der Waals surface area contributed by atoms with Crippen molar-refractivity contribution in [3.05, 3.63) is 0 Å². The summed E-state index contributed by atoms with van der Waals surface area (Å²) in [6.07, 6.45) is 0.0498. The summed E-state index contributed by atoms with van der Waals surface area (Å²) >= 11 is 0. The van der Waals surface area contributed by atoms with E-state index in [2.05, 4.69) is 4.74 Å². The lowest BCUT2D eigenvalue weighted by atomic mass is 10.2. The van der Waals surface area contributed by atoms with Crippen molar-refractivity contribution in [1.29, 1.82) is 0 Å². The van der Waals surface area contributed by atoms with E-state index in [1.165, 1.54) is 0 Å². The summed E-state index contributed by atoms with van der Waals surface area (Å²) in [5.74, 6) is -1.09. The van der Waals surface area contributed by atoms with Gasteiger partial charge in [-0.25, -0.2) is 4.79 Å². The molecule has 0 aromatic rings. The molecule has 8 heavy (non-hydrogen) atoms. The monoisotopic (exact) mass is 114 g/mol. The fourth-order valence-electron chi connectivity index (χ4n) is 0.635. The Morgan fingerprint density at radius 2 is 2.25 bits per heavy atom. The highest BCUT2D eigenvalue weighted by Gasteiger charge is 2.28. The third-order valence-electron chi connectivity index (χ3n) is 1.01. The van der Waals surface area contributed by atoms with E-state index in [0.29, 0.717) is 0 Å². The van der Waals surface area contributed by atoms with Crippen LogP contribution in [0.2, 0.25) is 0 Å². The van der Waals surface area contributed by atoms with Crippen molar-refractivity contribution in [2.75, 3.05) is 0 Å². The van der Waals surface area contributed by atoms with E-state index >= 15 is 0 Å². The van der Waals surface area contributed by atoms with Gasteiger partial charge in [-0.2, -0.15) is 0 Å². The van der Waals surface area contributed by atoms with Crippen LogP contribution < -0.4 is 0 Å². The Morgan fingerprint density at radius 3 is 2.38 bits per heavy atom. The standard InChI is InChI=1S/C5H6O3/c1-3-2-4(6)5(7)8-3/h3H,2H2,1H3/t3-/m0/s1. The number of ketones is 1. The Morgan fingerprint density at radius 1 is 1.62 bits per heavy atom. The lowest BCUT2D eigenvalue weighted by molar-refractivity contribution is -0.148. The molecule has 1 fully saturated rings. The van der Waals surface area contributed by atoms with Crippen LogP contribution in [0.25, 0.3) is 0 Å². The fraction of sp³-hybridized carbons (Fsp3) is 0.600. The van der Waals surface area contributed by atoms with Crippen molar-refractivity contribution >= 4 is 11.8 Å². The van der Waals surface area contributed by atoms with Crippen LogP contribution in [0.4, 0.5) is 0 Å². The second kappa shape index (κ2) is 1.58. The molecular weight excluding hydrogens is 108 g/mol. The fourth-order valence-corrected chi connectivity index (χ4v) is 0.635. The van der Waals surface area contributed by atoms with E-state index in [4.69, 9.17) is 0 Å². The number of Topliss-reactive ketones (excluding diaryl/α,β-unsaturated/α-hetero) is 1. The maximum absolute atomic E-state index is 10.3. The number of hydrogen-bond acceptors (Lipinski definition) is 3. The van der Waals surface area contributed by atoms with Crippen LogP contribution >= 0.6 is 0 Å². The second-order valence-corrected chi connectivity index (χ2v) is 1.84. The number of hydrogen-bond donors (Lipinski definition) is 0. The Hall–Kier alpha value is -0.860. The molecule has 44 valence electrons. The Bertz CT molecular complexity index is 123. The summed E-state index contributed by atoms with van der Waals surface area (Å²) < 4.78 is 4.48. The van der Waals surface area contributed by atoms with Crippen molar-refractivity contribution in [3.8, 4) is 0 Å². The summed E-state index contributed by atoms with van der Waals surface area (Å²) in [4.78, 5) is 20.5. The highest BCUT2D eigenvalue weighted by molar-refractivity contribution is 6.35. The first kappa shape index (κ1) is 5.28. The smallest absolute Gasteiger partial charge is 0.375 e. The molecule has 0 aromatic carbocycles. The van der Waals surface area contributed by atoms with Gasteiger partial charge in [-0.1, -0.05) is 0 Å². The van der Waals surface area contributed by atoms with Crippen molar-refractivity contribution in [2.24, 2.45) is 0 Å². The molecule has 1 aliphatic heterocycles. The average molecular weight is 114 g/mol. The number of cyclic esters (lactones) is 1. The molecule has 1 heterocycles. The second-order valence-electron chi connectivity index (χ2n) is 1.84. The molecule has 1 atom stereocenters. The van der Waals surface area contributed by atoms with E-state index in [1.807, 2.05) is 0 Å². The minimum Gasteiger partial charge on any atom is -0.456 e. The van der Waals surface area contributed by atoms with Gasteiger partial charge in [0, 0.05) is 0 Å². The van der Waals surface area contributed by atoms with Crippen LogP contribution in [-0.4, -0.2) is 17.9 Å². The molecule has 0 spiro atoms. The van der Waals surface area contributed by atoms with Crippen LogP contribution in [0.5, 0.6) is 0 Å². The Kier molecular flexibility index (Phi) is 1.04. The minimum atomic E-state index is -0.683. The van der Waals surface area contributed by atoms with Crippen LogP contribution in [0.1, 0.15) is 13.3 Å². The Labute approximate surface area is 46.6 Å². The predicted octanol–water partition coefficient (Wildman–Crippen LogP) is -0.109. The molecule has 0 N–H and O–H groups in total. The summed E-state index contributed by atoms with van der Waals surface area (Å²) in [6.45, 7) is 1.70. The summed E-state index contributed by atoms with van der Waals surface area (Å²) in [5.41, 5.74) is 0. The van der Waals surface area contributed by atoms with Crippen LogP contribution in [0, 0.1) is 0 Å².